The number of amides is 1. The molecule has 4 heterocycles. The third-order valence-corrected chi connectivity index (χ3v) is 8.12. The first kappa shape index (κ1) is 28.2. The van der Waals surface area contributed by atoms with E-state index in [1.54, 1.807) is 25.4 Å². The summed E-state index contributed by atoms with van der Waals surface area (Å²) in [6, 6.07) is 8.22. The first-order valence-corrected chi connectivity index (χ1v) is 12.8. The van der Waals surface area contributed by atoms with Crippen LogP contribution in [0.15, 0.2) is 30.6 Å². The zero-order chi connectivity index (χ0) is 23.7. The maximum absolute atomic E-state index is 11.8. The van der Waals surface area contributed by atoms with E-state index in [9.17, 15) is 4.79 Å². The van der Waals surface area contributed by atoms with Gasteiger partial charge in [0, 0.05) is 51.1 Å². The van der Waals surface area contributed by atoms with Crippen LogP contribution in [0.4, 0.5) is 5.69 Å². The van der Waals surface area contributed by atoms with E-state index in [-0.39, 0.29) is 30.7 Å². The molecule has 1 saturated heterocycles. The number of rotatable bonds is 6. The number of aryl methyl sites for hydroxylation is 1. The van der Waals surface area contributed by atoms with Gasteiger partial charge in [-0.1, -0.05) is 12.1 Å². The second kappa shape index (κ2) is 12.3. The highest BCUT2D eigenvalue weighted by Crippen LogP contribution is 2.32. The van der Waals surface area contributed by atoms with Gasteiger partial charge in [-0.3, -0.25) is 15.1 Å². The number of aromatic nitrogens is 2. The van der Waals surface area contributed by atoms with Gasteiger partial charge in [-0.15, -0.1) is 36.2 Å². The minimum atomic E-state index is 0. The van der Waals surface area contributed by atoms with Gasteiger partial charge in [0.25, 0.3) is 0 Å². The van der Waals surface area contributed by atoms with E-state index in [1.807, 2.05) is 27.9 Å². The molecule has 11 heteroatoms. The Hall–Kier alpha value is -2.33. The number of hydrogen-bond donors (Lipinski definition) is 1. The van der Waals surface area contributed by atoms with Gasteiger partial charge in [-0.2, -0.15) is 0 Å². The Labute approximate surface area is 228 Å². The van der Waals surface area contributed by atoms with Crippen LogP contribution in [0.3, 0.4) is 0 Å². The van der Waals surface area contributed by atoms with Gasteiger partial charge in [0.05, 0.1) is 31.1 Å². The zero-order valence-electron chi connectivity index (χ0n) is 20.7. The predicted molar refractivity (Wildman–Crippen MR) is 149 cm³/mol. The number of ether oxygens (including phenoxy) is 1. The number of fused-ring (bicyclic) bond motifs is 3. The van der Waals surface area contributed by atoms with Gasteiger partial charge in [0.2, 0.25) is 5.91 Å². The fourth-order valence-corrected chi connectivity index (χ4v) is 6.26. The number of piperazine rings is 1. The summed E-state index contributed by atoms with van der Waals surface area (Å²) in [7, 11) is 1.73. The lowest BCUT2D eigenvalue weighted by atomic mass is 10.1. The molecule has 1 N–H and O–H groups in total. The molecule has 196 valence electrons. The van der Waals surface area contributed by atoms with E-state index in [1.165, 1.54) is 16.1 Å². The summed E-state index contributed by atoms with van der Waals surface area (Å²) < 4.78 is 7.51. The van der Waals surface area contributed by atoms with E-state index in [4.69, 9.17) is 10.1 Å². The van der Waals surface area contributed by atoms with E-state index in [0.29, 0.717) is 12.0 Å². The highest BCUT2D eigenvalue weighted by Gasteiger charge is 2.24. The number of hydrogen-bond acceptors (Lipinski definition) is 7. The smallest absolute Gasteiger partial charge is 0.219 e. The average Bonchev–Trinajstić information content (AvgIpc) is 3.24. The summed E-state index contributed by atoms with van der Waals surface area (Å²) in [6.07, 6.45) is 3.61. The maximum Gasteiger partial charge on any atom is 0.219 e. The van der Waals surface area contributed by atoms with Gasteiger partial charge in [0.1, 0.15) is 16.1 Å². The predicted octanol–water partition coefficient (Wildman–Crippen LogP) is 3.55. The number of halogens is 2. The third-order valence-electron chi connectivity index (χ3n) is 6.99. The Bertz CT molecular complexity index is 1260. The standard InChI is InChI=1S/C25H32N6O2S.2ClH/c1-18(32)30-11-8-19-22(16-30)34-25-23(19)24(26)31(17-27-25)10-5-9-28-12-14-29(15-13-28)20-6-3-4-7-21(20)33-2;;/h3-4,6-7,17,26H,5,8-16H2,1-2H3;2*1H. The van der Waals surface area contributed by atoms with Crippen molar-refractivity contribution in [2.75, 3.05) is 51.3 Å². The third kappa shape index (κ3) is 5.64. The van der Waals surface area contributed by atoms with Gasteiger partial charge >= 0.3 is 0 Å². The van der Waals surface area contributed by atoms with Gasteiger partial charge in [0.15, 0.2) is 0 Å². The number of carbonyl (C=O) groups is 1. The zero-order valence-corrected chi connectivity index (χ0v) is 23.2. The molecule has 1 aromatic carbocycles. The lowest BCUT2D eigenvalue weighted by Gasteiger charge is -2.36. The van der Waals surface area contributed by atoms with Crippen molar-refractivity contribution in [1.29, 1.82) is 5.41 Å². The lowest BCUT2D eigenvalue weighted by Crippen LogP contribution is -2.46. The minimum absolute atomic E-state index is 0. The van der Waals surface area contributed by atoms with Crippen molar-refractivity contribution in [2.24, 2.45) is 0 Å². The topological polar surface area (TPSA) is 77.7 Å². The molecule has 0 aliphatic carbocycles. The number of methoxy groups -OCH3 is 1. The number of anilines is 1. The molecule has 0 saturated carbocycles. The van der Waals surface area contributed by atoms with Crippen molar-refractivity contribution in [1.82, 2.24) is 19.4 Å². The summed E-state index contributed by atoms with van der Waals surface area (Å²) in [5.74, 6) is 1.05. The first-order chi connectivity index (χ1) is 16.5. The Morgan fingerprint density at radius 1 is 1.11 bits per heavy atom. The Morgan fingerprint density at radius 3 is 2.58 bits per heavy atom. The van der Waals surface area contributed by atoms with Gasteiger partial charge in [-0.25, -0.2) is 4.98 Å². The Kier molecular flexibility index (Phi) is 9.63. The van der Waals surface area contributed by atoms with Crippen LogP contribution in [0.1, 0.15) is 23.8 Å². The molecule has 0 unspecified atom stereocenters. The quantitative estimate of drug-likeness (QED) is 0.506. The molecular formula is C25H34Cl2N6O2S. The molecule has 2 aliphatic rings. The molecule has 3 aromatic rings. The second-order valence-electron chi connectivity index (χ2n) is 9.02. The minimum Gasteiger partial charge on any atom is -0.495 e. The number of benzene rings is 1. The summed E-state index contributed by atoms with van der Waals surface area (Å²) in [5, 5.41) is 9.81. The largest absolute Gasteiger partial charge is 0.495 e. The highest BCUT2D eigenvalue weighted by atomic mass is 35.5. The molecular weight excluding hydrogens is 519 g/mol. The molecule has 0 spiro atoms. The van der Waals surface area contributed by atoms with E-state index in [0.717, 1.165) is 74.6 Å². The normalized spacial score (nSPS) is 15.7. The first-order valence-electron chi connectivity index (χ1n) is 11.9. The Balaban J connectivity index is 0.00000180. The molecule has 5 rings (SSSR count). The van der Waals surface area contributed by atoms with Crippen LogP contribution in [0.2, 0.25) is 0 Å². The van der Waals surface area contributed by atoms with Crippen LogP contribution in [0, 0.1) is 5.41 Å². The van der Waals surface area contributed by atoms with Crippen LogP contribution in [-0.4, -0.2) is 71.6 Å². The molecule has 8 nitrogen and oxygen atoms in total. The van der Waals surface area contributed by atoms with Crippen LogP contribution >= 0.6 is 36.2 Å². The number of nitrogens with one attached hydrogen (secondary N) is 1. The van der Waals surface area contributed by atoms with Gasteiger partial charge in [-0.05, 0) is 37.1 Å². The molecule has 0 atom stereocenters. The molecule has 1 fully saturated rings. The summed E-state index contributed by atoms with van der Waals surface area (Å²) in [5.41, 5.74) is 2.94. The van der Waals surface area contributed by atoms with Crippen LogP contribution < -0.4 is 15.1 Å². The summed E-state index contributed by atoms with van der Waals surface area (Å²) >= 11 is 1.63. The summed E-state index contributed by atoms with van der Waals surface area (Å²) in [4.78, 5) is 25.3. The number of para-hydroxylation sites is 2. The maximum atomic E-state index is 11.8. The van der Waals surface area contributed by atoms with Crippen molar-refractivity contribution >= 4 is 58.0 Å². The molecule has 1 amide bonds. The fourth-order valence-electron chi connectivity index (χ4n) is 5.05. The van der Waals surface area contributed by atoms with Crippen molar-refractivity contribution < 1.29 is 9.53 Å². The van der Waals surface area contributed by atoms with Crippen molar-refractivity contribution in [2.45, 2.75) is 32.9 Å². The van der Waals surface area contributed by atoms with E-state index >= 15 is 0 Å². The molecule has 36 heavy (non-hydrogen) atoms. The van der Waals surface area contributed by atoms with E-state index in [2.05, 4.69) is 26.9 Å². The van der Waals surface area contributed by atoms with Crippen molar-refractivity contribution in [3.05, 3.63) is 46.5 Å². The molecule has 0 bridgehead atoms. The molecule has 0 radical (unpaired) electrons. The second-order valence-corrected chi connectivity index (χ2v) is 10.1. The average molecular weight is 554 g/mol. The van der Waals surface area contributed by atoms with Crippen LogP contribution in [0.25, 0.3) is 10.2 Å². The number of thiophene rings is 1. The highest BCUT2D eigenvalue weighted by molar-refractivity contribution is 7.18. The summed E-state index contributed by atoms with van der Waals surface area (Å²) in [6.45, 7) is 8.83. The number of nitrogens with zero attached hydrogens (tertiary/aromatic N) is 5. The van der Waals surface area contributed by atoms with Gasteiger partial charge < -0.3 is 19.1 Å². The number of carbonyl (C=O) groups excluding carboxylic acids is 1. The van der Waals surface area contributed by atoms with Crippen molar-refractivity contribution in [3.8, 4) is 5.75 Å². The van der Waals surface area contributed by atoms with Crippen LogP contribution in [0.5, 0.6) is 5.75 Å². The lowest BCUT2D eigenvalue weighted by molar-refractivity contribution is -0.129. The fraction of sp³-hybridized carbons (Fsp3) is 0.480. The SMILES string of the molecule is COc1ccccc1N1CCN(CCCn2cnc3sc4c(c3c2=N)CCN(C(C)=O)C4)CC1.Cl.Cl. The monoisotopic (exact) mass is 552 g/mol. The van der Waals surface area contributed by atoms with E-state index < -0.39 is 0 Å². The molecule has 2 aliphatic heterocycles. The van der Waals surface area contributed by atoms with Crippen molar-refractivity contribution in [3.63, 3.8) is 0 Å². The van der Waals surface area contributed by atoms with Crippen LogP contribution in [-0.2, 0) is 24.3 Å². The Morgan fingerprint density at radius 2 is 1.86 bits per heavy atom. The molecule has 2 aromatic heterocycles.